The van der Waals surface area contributed by atoms with Crippen LogP contribution in [0.4, 0.5) is 0 Å². The van der Waals surface area contributed by atoms with Crippen molar-refractivity contribution in [3.8, 4) is 11.5 Å². The molecule has 0 amide bonds. The van der Waals surface area contributed by atoms with Crippen molar-refractivity contribution < 1.29 is 19.0 Å². The molecule has 0 atom stereocenters. The molecule has 0 radical (unpaired) electrons. The summed E-state index contributed by atoms with van der Waals surface area (Å²) in [7, 11) is 0. The van der Waals surface area contributed by atoms with Crippen LogP contribution < -0.4 is 15.0 Å². The second-order valence-corrected chi connectivity index (χ2v) is 6.21. The Hall–Kier alpha value is -3.35. The summed E-state index contributed by atoms with van der Waals surface area (Å²) in [6.45, 7) is 4.42. The van der Waals surface area contributed by atoms with E-state index in [4.69, 9.17) is 14.2 Å². The monoisotopic (exact) mass is 366 g/mol. The van der Waals surface area contributed by atoms with Gasteiger partial charge in [-0.3, -0.25) is 4.79 Å². The number of carbonyl (C=O) groups excluding carboxylic acids is 1. The van der Waals surface area contributed by atoms with Gasteiger partial charge in [-0.2, -0.15) is 0 Å². The molecule has 3 aromatic rings. The Labute approximate surface area is 155 Å². The average molecular weight is 366 g/mol. The zero-order chi connectivity index (χ0) is 19.0. The lowest BCUT2D eigenvalue weighted by Crippen LogP contribution is -2.23. The molecule has 0 bridgehead atoms. The minimum absolute atomic E-state index is 0.119. The summed E-state index contributed by atoms with van der Waals surface area (Å²) in [5, 5.41) is 0. The first kappa shape index (κ1) is 17.1. The molecule has 1 aromatic heterocycles. The van der Waals surface area contributed by atoms with Gasteiger partial charge in [0.2, 0.25) is 6.79 Å². The summed E-state index contributed by atoms with van der Waals surface area (Å²) >= 11 is 0. The number of hydrogen-bond acceptors (Lipinski definition) is 6. The van der Waals surface area contributed by atoms with Crippen LogP contribution >= 0.6 is 0 Å². The minimum Gasteiger partial charge on any atom is -0.457 e. The lowest BCUT2D eigenvalue weighted by molar-refractivity contribution is 0.0472. The number of carbonyl (C=O) groups is 1. The fraction of sp³-hybridized carbons (Fsp3) is 0.250. The molecule has 0 unspecified atom stereocenters. The SMILES string of the molecule is CCn1c(=O)c(C)nc2cc(C(=O)OCc3ccc4c(c3)OCO4)ccc21. The highest BCUT2D eigenvalue weighted by Crippen LogP contribution is 2.32. The molecule has 0 fully saturated rings. The van der Waals surface area contributed by atoms with Crippen LogP contribution in [0.25, 0.3) is 11.0 Å². The molecule has 0 saturated carbocycles. The maximum atomic E-state index is 12.4. The molecule has 2 aromatic carbocycles. The molecule has 4 rings (SSSR count). The number of fused-ring (bicyclic) bond motifs is 2. The van der Waals surface area contributed by atoms with E-state index in [-0.39, 0.29) is 19.0 Å². The number of nitrogens with zero attached hydrogens (tertiary/aromatic N) is 2. The van der Waals surface area contributed by atoms with Gasteiger partial charge < -0.3 is 18.8 Å². The van der Waals surface area contributed by atoms with Crippen molar-refractivity contribution in [1.29, 1.82) is 0 Å². The molecule has 7 nitrogen and oxygen atoms in total. The fourth-order valence-electron chi connectivity index (χ4n) is 3.08. The first-order valence-electron chi connectivity index (χ1n) is 8.63. The smallest absolute Gasteiger partial charge is 0.338 e. The van der Waals surface area contributed by atoms with Crippen LogP contribution in [0, 0.1) is 6.92 Å². The van der Waals surface area contributed by atoms with E-state index in [1.807, 2.05) is 13.0 Å². The Morgan fingerprint density at radius 1 is 1.19 bits per heavy atom. The quantitative estimate of drug-likeness (QED) is 0.661. The van der Waals surface area contributed by atoms with Gasteiger partial charge in [0.15, 0.2) is 11.5 Å². The zero-order valence-electron chi connectivity index (χ0n) is 15.0. The van der Waals surface area contributed by atoms with Crippen LogP contribution in [0.5, 0.6) is 11.5 Å². The van der Waals surface area contributed by atoms with E-state index in [1.165, 1.54) is 0 Å². The van der Waals surface area contributed by atoms with Crippen molar-refractivity contribution in [3.63, 3.8) is 0 Å². The van der Waals surface area contributed by atoms with Crippen LogP contribution in [0.2, 0.25) is 0 Å². The Morgan fingerprint density at radius 3 is 2.81 bits per heavy atom. The topological polar surface area (TPSA) is 79.7 Å². The molecule has 0 spiro atoms. The standard InChI is InChI=1S/C20H18N2O5/c1-3-22-16-6-5-14(9-15(16)21-12(2)19(22)23)20(24)25-10-13-4-7-17-18(8-13)27-11-26-17/h4-9H,3,10-11H2,1-2H3. The van der Waals surface area contributed by atoms with Crippen LogP contribution in [-0.4, -0.2) is 22.3 Å². The summed E-state index contributed by atoms with van der Waals surface area (Å²) in [5.41, 5.74) is 2.75. The van der Waals surface area contributed by atoms with Crippen LogP contribution in [-0.2, 0) is 17.9 Å². The number of hydrogen-bond donors (Lipinski definition) is 0. The van der Waals surface area contributed by atoms with Crippen LogP contribution in [0.1, 0.15) is 28.5 Å². The van der Waals surface area contributed by atoms with E-state index in [9.17, 15) is 9.59 Å². The van der Waals surface area contributed by atoms with Gasteiger partial charge in [0.1, 0.15) is 12.3 Å². The fourth-order valence-corrected chi connectivity index (χ4v) is 3.08. The van der Waals surface area contributed by atoms with Gasteiger partial charge in [-0.25, -0.2) is 9.78 Å². The van der Waals surface area contributed by atoms with E-state index >= 15 is 0 Å². The van der Waals surface area contributed by atoms with Gasteiger partial charge >= 0.3 is 5.97 Å². The highest BCUT2D eigenvalue weighted by molar-refractivity contribution is 5.93. The van der Waals surface area contributed by atoms with Crippen molar-refractivity contribution in [2.75, 3.05) is 6.79 Å². The molecule has 27 heavy (non-hydrogen) atoms. The van der Waals surface area contributed by atoms with Gasteiger partial charge in [-0.05, 0) is 49.7 Å². The summed E-state index contributed by atoms with van der Waals surface area (Å²) in [6.07, 6.45) is 0. The predicted molar refractivity (Wildman–Crippen MR) is 98.1 cm³/mol. The highest BCUT2D eigenvalue weighted by Gasteiger charge is 2.15. The third kappa shape index (κ3) is 3.12. The zero-order valence-corrected chi connectivity index (χ0v) is 15.0. The van der Waals surface area contributed by atoms with Crippen LogP contribution in [0.15, 0.2) is 41.2 Å². The van der Waals surface area contributed by atoms with E-state index in [0.717, 1.165) is 5.56 Å². The maximum Gasteiger partial charge on any atom is 0.338 e. The van der Waals surface area contributed by atoms with E-state index in [0.29, 0.717) is 40.3 Å². The second kappa shape index (κ2) is 6.75. The maximum absolute atomic E-state index is 12.4. The minimum atomic E-state index is -0.455. The predicted octanol–water partition coefficient (Wildman–Crippen LogP) is 2.81. The van der Waals surface area contributed by atoms with E-state index in [2.05, 4.69) is 4.98 Å². The number of aryl methyl sites for hydroxylation is 2. The average Bonchev–Trinajstić information content (AvgIpc) is 3.14. The molecule has 2 heterocycles. The largest absolute Gasteiger partial charge is 0.457 e. The number of benzene rings is 2. The third-order valence-electron chi connectivity index (χ3n) is 4.47. The highest BCUT2D eigenvalue weighted by atomic mass is 16.7. The number of esters is 1. The molecule has 0 aliphatic carbocycles. The molecule has 1 aliphatic rings. The first-order valence-corrected chi connectivity index (χ1v) is 8.63. The van der Waals surface area contributed by atoms with Crippen molar-refractivity contribution >= 4 is 17.0 Å². The number of rotatable bonds is 4. The lowest BCUT2D eigenvalue weighted by Gasteiger charge is -2.10. The first-order chi connectivity index (χ1) is 13.1. The van der Waals surface area contributed by atoms with Gasteiger partial charge in [-0.15, -0.1) is 0 Å². The molecule has 1 aliphatic heterocycles. The van der Waals surface area contributed by atoms with Crippen molar-refractivity contribution in [3.05, 3.63) is 63.6 Å². The van der Waals surface area contributed by atoms with Gasteiger partial charge in [0.05, 0.1) is 16.6 Å². The number of aromatic nitrogens is 2. The van der Waals surface area contributed by atoms with E-state index in [1.54, 1.807) is 41.8 Å². The molecule has 0 saturated heterocycles. The molecule has 138 valence electrons. The van der Waals surface area contributed by atoms with Crippen molar-refractivity contribution in [2.45, 2.75) is 27.0 Å². The normalized spacial score (nSPS) is 12.4. The summed E-state index contributed by atoms with van der Waals surface area (Å²) in [5.74, 6) is 0.873. The Bertz CT molecular complexity index is 1100. The van der Waals surface area contributed by atoms with Gasteiger partial charge in [0, 0.05) is 6.54 Å². The summed E-state index contributed by atoms with van der Waals surface area (Å²) in [4.78, 5) is 28.9. The Morgan fingerprint density at radius 2 is 2.00 bits per heavy atom. The van der Waals surface area contributed by atoms with Crippen molar-refractivity contribution in [1.82, 2.24) is 9.55 Å². The molecule has 7 heteroatoms. The molecule has 0 N–H and O–H groups in total. The lowest BCUT2D eigenvalue weighted by atomic mass is 10.2. The molecular formula is C20H18N2O5. The summed E-state index contributed by atoms with van der Waals surface area (Å²) in [6, 6.07) is 10.4. The van der Waals surface area contributed by atoms with E-state index < -0.39 is 5.97 Å². The third-order valence-corrected chi connectivity index (χ3v) is 4.47. The van der Waals surface area contributed by atoms with Gasteiger partial charge in [-0.1, -0.05) is 6.07 Å². The number of ether oxygens (including phenoxy) is 3. The Balaban J connectivity index is 1.56. The second-order valence-electron chi connectivity index (χ2n) is 6.21. The van der Waals surface area contributed by atoms with Gasteiger partial charge in [0.25, 0.3) is 5.56 Å². The van der Waals surface area contributed by atoms with Crippen molar-refractivity contribution in [2.24, 2.45) is 0 Å². The summed E-state index contributed by atoms with van der Waals surface area (Å²) < 4.78 is 17.6. The Kier molecular flexibility index (Phi) is 4.27. The van der Waals surface area contributed by atoms with Crippen LogP contribution in [0.3, 0.4) is 0 Å². The molecular weight excluding hydrogens is 348 g/mol.